The Hall–Kier alpha value is -1.91. The number of aliphatic hydroxyl groups is 2. The summed E-state index contributed by atoms with van der Waals surface area (Å²) in [5.41, 5.74) is 0. The van der Waals surface area contributed by atoms with E-state index >= 15 is 0 Å². The smallest absolute Gasteiger partial charge is 0.303 e. The van der Waals surface area contributed by atoms with Crippen LogP contribution in [0.4, 0.5) is 0 Å². The average Bonchev–Trinajstić information content (AvgIpc) is 2.60. The fourth-order valence-corrected chi connectivity index (χ4v) is 2.10. The predicted molar refractivity (Wildman–Crippen MR) is 108 cm³/mol. The molecule has 0 bridgehead atoms. The summed E-state index contributed by atoms with van der Waals surface area (Å²) in [5, 5.41) is 28.0. The molecule has 0 aliphatic carbocycles. The lowest BCUT2D eigenvalue weighted by Crippen LogP contribution is -1.99. The highest BCUT2D eigenvalue weighted by Gasteiger charge is 1.95. The van der Waals surface area contributed by atoms with Crippen LogP contribution in [0.3, 0.4) is 0 Å². The van der Waals surface area contributed by atoms with E-state index < -0.39 is 18.2 Å². The molecule has 26 heavy (non-hydrogen) atoms. The van der Waals surface area contributed by atoms with E-state index in [1.54, 1.807) is 48.6 Å². The van der Waals surface area contributed by atoms with E-state index in [1.807, 2.05) is 6.08 Å². The lowest BCUT2D eigenvalue weighted by Gasteiger charge is -1.99. The highest BCUT2D eigenvalue weighted by molar-refractivity contribution is 5.66. The number of carbonyl (C=O) groups is 1. The van der Waals surface area contributed by atoms with E-state index in [0.717, 1.165) is 6.42 Å². The van der Waals surface area contributed by atoms with Gasteiger partial charge in [0.15, 0.2) is 0 Å². The number of unbranched alkanes of at least 4 members (excludes halogenated alkanes) is 3. The molecular weight excluding hydrogens is 328 g/mol. The number of carboxylic acids is 1. The molecule has 0 fully saturated rings. The number of aliphatic carboxylic acids is 1. The number of hydrogen-bond acceptors (Lipinski definition) is 3. The Balaban J connectivity index is 3.86. The number of aliphatic hydroxyl groups excluding tert-OH is 2. The van der Waals surface area contributed by atoms with Gasteiger partial charge in [-0.3, -0.25) is 4.79 Å². The monoisotopic (exact) mass is 362 g/mol. The van der Waals surface area contributed by atoms with Crippen LogP contribution in [0.15, 0.2) is 60.8 Å². The Morgan fingerprint density at radius 3 is 1.85 bits per heavy atom. The van der Waals surface area contributed by atoms with Crippen molar-refractivity contribution in [2.24, 2.45) is 0 Å². The first-order chi connectivity index (χ1) is 12.6. The van der Waals surface area contributed by atoms with Crippen LogP contribution in [0.5, 0.6) is 0 Å². The third-order valence-corrected chi connectivity index (χ3v) is 3.59. The van der Waals surface area contributed by atoms with Crippen molar-refractivity contribution in [3.05, 3.63) is 60.8 Å². The van der Waals surface area contributed by atoms with Gasteiger partial charge in [0, 0.05) is 6.42 Å². The van der Waals surface area contributed by atoms with Crippen LogP contribution in [0, 0.1) is 0 Å². The lowest BCUT2D eigenvalue weighted by molar-refractivity contribution is -0.136. The van der Waals surface area contributed by atoms with Gasteiger partial charge in [0.2, 0.25) is 0 Å². The zero-order valence-electron chi connectivity index (χ0n) is 15.8. The maximum atomic E-state index is 10.3. The molecule has 0 aliphatic heterocycles. The number of hydrogen-bond donors (Lipinski definition) is 3. The van der Waals surface area contributed by atoms with Crippen LogP contribution >= 0.6 is 0 Å². The summed E-state index contributed by atoms with van der Waals surface area (Å²) in [5.74, 6) is -0.818. The molecule has 3 N–H and O–H groups in total. The van der Waals surface area contributed by atoms with Gasteiger partial charge in [0.05, 0.1) is 12.2 Å². The Morgan fingerprint density at radius 1 is 0.808 bits per heavy atom. The van der Waals surface area contributed by atoms with Crippen LogP contribution < -0.4 is 0 Å². The number of carboxylic acid groups (broad SMARTS) is 1. The van der Waals surface area contributed by atoms with Crippen molar-refractivity contribution in [1.82, 2.24) is 0 Å². The van der Waals surface area contributed by atoms with E-state index in [9.17, 15) is 15.0 Å². The van der Waals surface area contributed by atoms with Gasteiger partial charge < -0.3 is 15.3 Å². The molecule has 2 atom stereocenters. The highest BCUT2D eigenvalue weighted by Crippen LogP contribution is 2.02. The zero-order valence-corrected chi connectivity index (χ0v) is 15.8. The molecule has 0 rings (SSSR count). The molecule has 0 aromatic rings. The molecule has 0 saturated carbocycles. The molecule has 0 aliphatic rings. The fourth-order valence-electron chi connectivity index (χ4n) is 2.10. The minimum absolute atomic E-state index is 0.109. The molecule has 0 aromatic heterocycles. The number of rotatable bonds is 15. The first kappa shape index (κ1) is 24.1. The van der Waals surface area contributed by atoms with E-state index in [2.05, 4.69) is 13.0 Å². The molecule has 2 unspecified atom stereocenters. The van der Waals surface area contributed by atoms with Crippen LogP contribution in [0.1, 0.15) is 58.3 Å². The number of allylic oxidation sites excluding steroid dienone is 6. The third-order valence-electron chi connectivity index (χ3n) is 3.59. The first-order valence-electron chi connectivity index (χ1n) is 9.45. The van der Waals surface area contributed by atoms with Gasteiger partial charge in [-0.15, -0.1) is 0 Å². The quantitative estimate of drug-likeness (QED) is 0.224. The van der Waals surface area contributed by atoms with Gasteiger partial charge in [0.25, 0.3) is 0 Å². The molecule has 0 aromatic carbocycles. The van der Waals surface area contributed by atoms with Gasteiger partial charge in [-0.25, -0.2) is 0 Å². The summed E-state index contributed by atoms with van der Waals surface area (Å²) in [4.78, 5) is 10.3. The van der Waals surface area contributed by atoms with E-state index in [1.165, 1.54) is 19.3 Å². The topological polar surface area (TPSA) is 77.8 Å². The molecule has 0 amide bonds. The minimum Gasteiger partial charge on any atom is -0.481 e. The maximum Gasteiger partial charge on any atom is 0.303 e. The first-order valence-corrected chi connectivity index (χ1v) is 9.45. The summed E-state index contributed by atoms with van der Waals surface area (Å²) in [6.07, 6.45) is 23.6. The predicted octanol–water partition coefficient (Wildman–Crippen LogP) is 4.71. The second-order valence-corrected chi connectivity index (χ2v) is 6.13. The van der Waals surface area contributed by atoms with Crippen LogP contribution in [0.25, 0.3) is 0 Å². The van der Waals surface area contributed by atoms with Crippen molar-refractivity contribution in [2.45, 2.75) is 70.5 Å². The molecule has 0 heterocycles. The molecular formula is C22H34O4. The molecule has 0 spiro atoms. The summed E-state index contributed by atoms with van der Waals surface area (Å²) >= 11 is 0. The van der Waals surface area contributed by atoms with Gasteiger partial charge in [0.1, 0.15) is 0 Å². The van der Waals surface area contributed by atoms with E-state index in [-0.39, 0.29) is 6.42 Å². The van der Waals surface area contributed by atoms with Crippen molar-refractivity contribution in [1.29, 1.82) is 0 Å². The van der Waals surface area contributed by atoms with Crippen molar-refractivity contribution >= 4 is 5.97 Å². The summed E-state index contributed by atoms with van der Waals surface area (Å²) in [6.45, 7) is 2.18. The van der Waals surface area contributed by atoms with E-state index in [0.29, 0.717) is 19.3 Å². The van der Waals surface area contributed by atoms with E-state index in [4.69, 9.17) is 5.11 Å². The molecule has 0 radical (unpaired) electrons. The van der Waals surface area contributed by atoms with Crippen molar-refractivity contribution in [3.8, 4) is 0 Å². The SMILES string of the molecule is CCCCC/C=C\CC(O)/C=C/C=C\C=C\C(O)C/C=C\CCC(=O)O. The normalized spacial score (nSPS) is 15.2. The van der Waals surface area contributed by atoms with Crippen molar-refractivity contribution in [2.75, 3.05) is 0 Å². The summed E-state index contributed by atoms with van der Waals surface area (Å²) in [7, 11) is 0. The van der Waals surface area contributed by atoms with Crippen molar-refractivity contribution < 1.29 is 20.1 Å². The van der Waals surface area contributed by atoms with Gasteiger partial charge >= 0.3 is 5.97 Å². The Kier molecular flexibility index (Phi) is 16.6. The molecule has 146 valence electrons. The van der Waals surface area contributed by atoms with Gasteiger partial charge in [-0.05, 0) is 32.1 Å². The van der Waals surface area contributed by atoms with Crippen molar-refractivity contribution in [3.63, 3.8) is 0 Å². The summed E-state index contributed by atoms with van der Waals surface area (Å²) < 4.78 is 0. The standard InChI is InChI=1S/C22H34O4/c1-2-3-4-5-6-10-15-20(23)16-11-7-8-12-17-21(24)18-13-9-14-19-22(25)26/h6-13,16-17,20-21,23-24H,2-5,14-15,18-19H2,1H3,(H,25,26)/b8-7-,10-6-,13-9-,16-11+,17-12+. The Bertz CT molecular complexity index is 486. The maximum absolute atomic E-state index is 10.3. The van der Waals surface area contributed by atoms with Crippen LogP contribution in [0.2, 0.25) is 0 Å². The highest BCUT2D eigenvalue weighted by atomic mass is 16.4. The van der Waals surface area contributed by atoms with Gasteiger partial charge in [-0.2, -0.15) is 0 Å². The van der Waals surface area contributed by atoms with Gasteiger partial charge in [-0.1, -0.05) is 80.5 Å². The second-order valence-electron chi connectivity index (χ2n) is 6.13. The largest absolute Gasteiger partial charge is 0.481 e. The average molecular weight is 363 g/mol. The molecule has 0 saturated heterocycles. The third kappa shape index (κ3) is 18.4. The Morgan fingerprint density at radius 2 is 1.35 bits per heavy atom. The molecule has 4 nitrogen and oxygen atoms in total. The summed E-state index contributed by atoms with van der Waals surface area (Å²) in [6, 6.07) is 0. The molecule has 4 heteroatoms. The van der Waals surface area contributed by atoms with Crippen LogP contribution in [-0.4, -0.2) is 33.5 Å². The fraction of sp³-hybridized carbons (Fsp3) is 0.500. The Labute approximate surface area is 157 Å². The zero-order chi connectivity index (χ0) is 19.5. The van der Waals surface area contributed by atoms with Crippen LogP contribution in [-0.2, 0) is 4.79 Å². The minimum atomic E-state index is -0.818. The second kappa shape index (κ2) is 17.9. The lowest BCUT2D eigenvalue weighted by atomic mass is 10.1.